The quantitative estimate of drug-likeness (QED) is 0.525. The van der Waals surface area contributed by atoms with Gasteiger partial charge in [0.2, 0.25) is 5.91 Å². The van der Waals surface area contributed by atoms with Crippen LogP contribution < -0.4 is 10.4 Å². The van der Waals surface area contributed by atoms with Crippen molar-refractivity contribution in [3.63, 3.8) is 0 Å². The van der Waals surface area contributed by atoms with Crippen LogP contribution in [-0.2, 0) is 9.59 Å². The van der Waals surface area contributed by atoms with E-state index in [2.05, 4.69) is 5.32 Å². The van der Waals surface area contributed by atoms with Gasteiger partial charge in [-0.1, -0.05) is 6.92 Å². The van der Waals surface area contributed by atoms with Crippen LogP contribution in [0.2, 0.25) is 0 Å². The molecule has 0 saturated carbocycles. The third-order valence-electron chi connectivity index (χ3n) is 1.51. The fraction of sp³-hybridized carbons (Fsp3) is 0.750. The van der Waals surface area contributed by atoms with Gasteiger partial charge in [-0.05, 0) is 12.8 Å². The molecule has 0 spiro atoms. The van der Waals surface area contributed by atoms with Crippen LogP contribution in [0.3, 0.4) is 0 Å². The number of rotatable bonds is 6. The summed E-state index contributed by atoms with van der Waals surface area (Å²) in [5.74, 6) is -1.69. The second-order valence-corrected chi connectivity index (χ2v) is 2.70. The van der Waals surface area contributed by atoms with E-state index in [0.717, 1.165) is 0 Å². The highest BCUT2D eigenvalue weighted by molar-refractivity contribution is 5.82. The van der Waals surface area contributed by atoms with Gasteiger partial charge in [-0.2, -0.15) is 0 Å². The molecule has 0 aliphatic rings. The average molecular weight is 188 g/mol. The maximum absolute atomic E-state index is 10.9. The molecule has 0 bridgehead atoms. The molecular weight excluding hydrogens is 174 g/mol. The number of hydrogen-bond acceptors (Lipinski definition) is 4. The lowest BCUT2D eigenvalue weighted by atomic mass is 10.2. The Morgan fingerprint density at radius 2 is 2.15 bits per heavy atom. The monoisotopic (exact) mass is 188 g/mol. The Kier molecular flexibility index (Phi) is 5.88. The van der Waals surface area contributed by atoms with E-state index in [4.69, 9.17) is 5.11 Å². The molecule has 0 aliphatic carbocycles. The smallest absolute Gasteiger partial charge is 0.220 e. The van der Waals surface area contributed by atoms with E-state index < -0.39 is 12.0 Å². The lowest BCUT2D eigenvalue weighted by Crippen LogP contribution is -2.48. The van der Waals surface area contributed by atoms with Crippen molar-refractivity contribution in [1.82, 2.24) is 5.32 Å². The SMILES string of the molecule is CCCC(=O)N[C@@H](CCO)C(=O)[O-]. The summed E-state index contributed by atoms with van der Waals surface area (Å²) in [6, 6.07) is -1.08. The van der Waals surface area contributed by atoms with Crippen LogP contribution in [0.15, 0.2) is 0 Å². The van der Waals surface area contributed by atoms with Gasteiger partial charge in [-0.25, -0.2) is 0 Å². The van der Waals surface area contributed by atoms with Gasteiger partial charge in [0, 0.05) is 13.0 Å². The molecule has 0 unspecified atom stereocenters. The van der Waals surface area contributed by atoms with E-state index in [0.29, 0.717) is 6.42 Å². The van der Waals surface area contributed by atoms with Gasteiger partial charge in [0.05, 0.1) is 12.0 Å². The summed E-state index contributed by atoms with van der Waals surface area (Å²) in [6.07, 6.45) is 0.928. The van der Waals surface area contributed by atoms with E-state index in [1.54, 1.807) is 0 Å². The topological polar surface area (TPSA) is 89.5 Å². The molecule has 1 amide bonds. The number of amides is 1. The van der Waals surface area contributed by atoms with Crippen LogP contribution in [0, 0.1) is 0 Å². The van der Waals surface area contributed by atoms with Crippen LogP contribution in [0.5, 0.6) is 0 Å². The minimum absolute atomic E-state index is 0.0161. The number of hydrogen-bond donors (Lipinski definition) is 2. The van der Waals surface area contributed by atoms with Crippen LogP contribution >= 0.6 is 0 Å². The summed E-state index contributed by atoms with van der Waals surface area (Å²) < 4.78 is 0. The number of carbonyl (C=O) groups excluding carboxylic acids is 2. The maximum Gasteiger partial charge on any atom is 0.220 e. The van der Waals surface area contributed by atoms with Crippen LogP contribution in [0.4, 0.5) is 0 Å². The molecule has 5 nitrogen and oxygen atoms in total. The van der Waals surface area contributed by atoms with Crippen molar-refractivity contribution in [1.29, 1.82) is 0 Å². The summed E-state index contributed by atoms with van der Waals surface area (Å²) in [4.78, 5) is 21.3. The standard InChI is InChI=1S/C8H15NO4/c1-2-3-7(11)9-6(4-5-10)8(12)13/h6,10H,2-5H2,1H3,(H,9,11)(H,12,13)/p-1/t6-/m0/s1. The second kappa shape index (κ2) is 6.42. The molecule has 1 atom stereocenters. The molecule has 0 fully saturated rings. The number of aliphatic hydroxyl groups is 1. The molecule has 5 heteroatoms. The molecule has 0 aromatic heterocycles. The fourth-order valence-electron chi connectivity index (χ4n) is 0.872. The van der Waals surface area contributed by atoms with Crippen LogP contribution in [0.25, 0.3) is 0 Å². The summed E-state index contributed by atoms with van der Waals surface area (Å²) in [5.41, 5.74) is 0. The highest BCUT2D eigenvalue weighted by atomic mass is 16.4. The number of nitrogens with one attached hydrogen (secondary N) is 1. The number of carboxylic acids is 1. The Hall–Kier alpha value is -1.10. The molecule has 0 aliphatic heterocycles. The van der Waals surface area contributed by atoms with Gasteiger partial charge < -0.3 is 20.3 Å². The van der Waals surface area contributed by atoms with Crippen molar-refractivity contribution in [3.8, 4) is 0 Å². The van der Waals surface area contributed by atoms with Gasteiger partial charge in [0.15, 0.2) is 0 Å². The molecule has 13 heavy (non-hydrogen) atoms. The largest absolute Gasteiger partial charge is 0.548 e. The summed E-state index contributed by atoms with van der Waals surface area (Å²) in [5, 5.41) is 21.1. The molecule has 0 radical (unpaired) electrons. The van der Waals surface area contributed by atoms with Gasteiger partial charge >= 0.3 is 0 Å². The Bertz CT molecular complexity index is 181. The molecule has 0 aromatic rings. The summed E-state index contributed by atoms with van der Waals surface area (Å²) in [6.45, 7) is 1.53. The third-order valence-corrected chi connectivity index (χ3v) is 1.51. The molecule has 0 heterocycles. The first-order valence-electron chi connectivity index (χ1n) is 4.22. The van der Waals surface area contributed by atoms with Crippen LogP contribution in [-0.4, -0.2) is 29.6 Å². The van der Waals surface area contributed by atoms with E-state index in [9.17, 15) is 14.7 Å². The van der Waals surface area contributed by atoms with Crippen molar-refractivity contribution < 1.29 is 19.8 Å². The predicted molar refractivity (Wildman–Crippen MR) is 43.5 cm³/mol. The Balaban J connectivity index is 3.94. The fourth-order valence-corrected chi connectivity index (χ4v) is 0.872. The molecular formula is C8H14NO4-. The maximum atomic E-state index is 10.9. The molecule has 0 aromatic carbocycles. The number of carbonyl (C=O) groups is 2. The second-order valence-electron chi connectivity index (χ2n) is 2.70. The van der Waals surface area contributed by atoms with E-state index in [1.165, 1.54) is 0 Å². The number of aliphatic hydroxyl groups excluding tert-OH is 1. The number of carboxylic acid groups (broad SMARTS) is 1. The number of aliphatic carboxylic acids is 1. The van der Waals surface area contributed by atoms with Gasteiger partial charge in [0.25, 0.3) is 0 Å². The molecule has 76 valence electrons. The van der Waals surface area contributed by atoms with E-state index >= 15 is 0 Å². The van der Waals surface area contributed by atoms with Gasteiger partial charge in [-0.15, -0.1) is 0 Å². The first kappa shape index (κ1) is 11.9. The third kappa shape index (κ3) is 5.19. The minimum atomic E-state index is -1.36. The average Bonchev–Trinajstić information content (AvgIpc) is 2.04. The van der Waals surface area contributed by atoms with Crippen molar-refractivity contribution in [2.24, 2.45) is 0 Å². The van der Waals surface area contributed by atoms with Gasteiger partial charge in [0.1, 0.15) is 0 Å². The molecule has 0 rings (SSSR count). The zero-order valence-electron chi connectivity index (χ0n) is 7.58. The highest BCUT2D eigenvalue weighted by Crippen LogP contribution is 1.92. The first-order valence-corrected chi connectivity index (χ1v) is 4.22. The highest BCUT2D eigenvalue weighted by Gasteiger charge is 2.11. The Morgan fingerprint density at radius 3 is 2.54 bits per heavy atom. The summed E-state index contributed by atoms with van der Waals surface area (Å²) in [7, 11) is 0. The Morgan fingerprint density at radius 1 is 1.54 bits per heavy atom. The lowest BCUT2D eigenvalue weighted by Gasteiger charge is -2.18. The van der Waals surface area contributed by atoms with Gasteiger partial charge in [-0.3, -0.25) is 4.79 Å². The first-order chi connectivity index (χ1) is 6.11. The van der Waals surface area contributed by atoms with E-state index in [1.807, 2.05) is 6.92 Å². The zero-order valence-corrected chi connectivity index (χ0v) is 7.58. The van der Waals surface area contributed by atoms with Crippen molar-refractivity contribution in [3.05, 3.63) is 0 Å². The van der Waals surface area contributed by atoms with Crippen molar-refractivity contribution in [2.45, 2.75) is 32.2 Å². The molecule has 2 N–H and O–H groups in total. The minimum Gasteiger partial charge on any atom is -0.548 e. The zero-order chi connectivity index (χ0) is 10.3. The van der Waals surface area contributed by atoms with E-state index in [-0.39, 0.29) is 25.4 Å². The normalized spacial score (nSPS) is 12.2. The Labute approximate surface area is 76.8 Å². The predicted octanol–water partition coefficient (Wildman–Crippen LogP) is -1.60. The lowest BCUT2D eigenvalue weighted by molar-refractivity contribution is -0.308. The summed E-state index contributed by atoms with van der Waals surface area (Å²) >= 11 is 0. The van der Waals surface area contributed by atoms with Crippen molar-refractivity contribution >= 4 is 11.9 Å². The molecule has 0 saturated heterocycles. The van der Waals surface area contributed by atoms with Crippen molar-refractivity contribution in [2.75, 3.05) is 6.61 Å². The van der Waals surface area contributed by atoms with Crippen LogP contribution in [0.1, 0.15) is 26.2 Å².